The summed E-state index contributed by atoms with van der Waals surface area (Å²) in [5.41, 5.74) is 1.14. The number of ether oxygens (including phenoxy) is 1. The van der Waals surface area contributed by atoms with Gasteiger partial charge >= 0.3 is 0 Å². The maximum Gasteiger partial charge on any atom is 0.255 e. The number of benzene rings is 2. The number of hydrogen-bond donors (Lipinski definition) is 1. The second-order valence-electron chi connectivity index (χ2n) is 4.15. The third-order valence-electron chi connectivity index (χ3n) is 2.77. The van der Waals surface area contributed by atoms with Crippen LogP contribution in [0.15, 0.2) is 46.9 Å². The summed E-state index contributed by atoms with van der Waals surface area (Å²) in [5, 5.41) is 2.74. The molecule has 0 fully saturated rings. The second kappa shape index (κ2) is 6.52. The van der Waals surface area contributed by atoms with E-state index in [0.717, 1.165) is 16.1 Å². The molecule has 5 heteroatoms. The van der Waals surface area contributed by atoms with Crippen molar-refractivity contribution >= 4 is 21.8 Å². The van der Waals surface area contributed by atoms with Crippen molar-refractivity contribution in [2.75, 3.05) is 7.11 Å². The first-order chi connectivity index (χ1) is 9.60. The van der Waals surface area contributed by atoms with Crippen molar-refractivity contribution < 1.29 is 13.9 Å². The van der Waals surface area contributed by atoms with Crippen molar-refractivity contribution in [3.63, 3.8) is 0 Å². The minimum absolute atomic E-state index is 0.185. The molecule has 0 aromatic heterocycles. The third-order valence-corrected chi connectivity index (χ3v) is 3.30. The maximum absolute atomic E-state index is 13.2. The molecule has 0 heterocycles. The fourth-order valence-corrected chi connectivity index (χ4v) is 2.00. The summed E-state index contributed by atoms with van der Waals surface area (Å²) in [7, 11) is 1.44. The number of amides is 1. The molecule has 3 nitrogen and oxygen atoms in total. The standard InChI is InChI=1S/C15H13BrFNO2/c1-20-14-7-6-12(17)8-13(14)15(19)18-9-10-2-4-11(16)5-3-10/h2-8H,9H2,1H3,(H,18,19). The van der Waals surface area contributed by atoms with Crippen molar-refractivity contribution in [3.05, 3.63) is 63.9 Å². The van der Waals surface area contributed by atoms with E-state index in [0.29, 0.717) is 12.3 Å². The van der Waals surface area contributed by atoms with Gasteiger partial charge in [-0.05, 0) is 35.9 Å². The summed E-state index contributed by atoms with van der Waals surface area (Å²) in [4.78, 5) is 12.0. The Labute approximate surface area is 124 Å². The highest BCUT2D eigenvalue weighted by atomic mass is 79.9. The molecule has 2 rings (SSSR count). The van der Waals surface area contributed by atoms with E-state index in [1.807, 2.05) is 24.3 Å². The van der Waals surface area contributed by atoms with Crippen LogP contribution in [0.2, 0.25) is 0 Å². The SMILES string of the molecule is COc1ccc(F)cc1C(=O)NCc1ccc(Br)cc1. The summed E-state index contributed by atoms with van der Waals surface area (Å²) in [6.07, 6.45) is 0. The Balaban J connectivity index is 2.08. The number of rotatable bonds is 4. The minimum atomic E-state index is -0.473. The third kappa shape index (κ3) is 3.57. The Morgan fingerprint density at radius 3 is 2.60 bits per heavy atom. The highest BCUT2D eigenvalue weighted by Gasteiger charge is 2.13. The number of halogens is 2. The average molecular weight is 338 g/mol. The van der Waals surface area contributed by atoms with Crippen LogP contribution in [-0.2, 0) is 6.54 Å². The first-order valence-electron chi connectivity index (χ1n) is 5.96. The lowest BCUT2D eigenvalue weighted by atomic mass is 10.1. The smallest absolute Gasteiger partial charge is 0.255 e. The monoisotopic (exact) mass is 337 g/mol. The van der Waals surface area contributed by atoms with E-state index < -0.39 is 5.82 Å². The van der Waals surface area contributed by atoms with Gasteiger partial charge in [0.2, 0.25) is 0 Å². The first kappa shape index (κ1) is 14.5. The van der Waals surface area contributed by atoms with Gasteiger partial charge in [-0.25, -0.2) is 4.39 Å². The predicted octanol–water partition coefficient (Wildman–Crippen LogP) is 3.53. The highest BCUT2D eigenvalue weighted by Crippen LogP contribution is 2.19. The Bertz CT molecular complexity index is 614. The molecule has 0 aliphatic heterocycles. The van der Waals surface area contributed by atoms with E-state index in [9.17, 15) is 9.18 Å². The summed E-state index contributed by atoms with van der Waals surface area (Å²) in [5.74, 6) is -0.497. The van der Waals surface area contributed by atoms with Crippen LogP contribution in [0.25, 0.3) is 0 Å². The molecule has 20 heavy (non-hydrogen) atoms. The molecule has 1 N–H and O–H groups in total. The predicted molar refractivity (Wildman–Crippen MR) is 78.3 cm³/mol. The average Bonchev–Trinajstić information content (AvgIpc) is 2.46. The number of carbonyl (C=O) groups excluding carboxylic acids is 1. The molecule has 2 aromatic rings. The van der Waals surface area contributed by atoms with Crippen LogP contribution < -0.4 is 10.1 Å². The maximum atomic E-state index is 13.2. The Morgan fingerprint density at radius 1 is 1.25 bits per heavy atom. The van der Waals surface area contributed by atoms with E-state index in [1.165, 1.54) is 19.2 Å². The Morgan fingerprint density at radius 2 is 1.95 bits per heavy atom. The van der Waals surface area contributed by atoms with E-state index in [2.05, 4.69) is 21.2 Å². The van der Waals surface area contributed by atoms with Gasteiger partial charge in [-0.3, -0.25) is 4.79 Å². The molecule has 0 radical (unpaired) electrons. The Kier molecular flexibility index (Phi) is 4.74. The summed E-state index contributed by atoms with van der Waals surface area (Å²) >= 11 is 3.34. The minimum Gasteiger partial charge on any atom is -0.496 e. The quantitative estimate of drug-likeness (QED) is 0.926. The van der Waals surface area contributed by atoms with Crippen LogP contribution in [0.5, 0.6) is 5.75 Å². The number of methoxy groups -OCH3 is 1. The fraction of sp³-hybridized carbons (Fsp3) is 0.133. The molecule has 0 saturated heterocycles. The van der Waals surface area contributed by atoms with Crippen LogP contribution in [0.1, 0.15) is 15.9 Å². The number of carbonyl (C=O) groups is 1. The van der Waals surface area contributed by atoms with Crippen molar-refractivity contribution in [2.24, 2.45) is 0 Å². The van der Waals surface area contributed by atoms with Crippen molar-refractivity contribution in [3.8, 4) is 5.75 Å². The van der Waals surface area contributed by atoms with Crippen molar-refractivity contribution in [1.82, 2.24) is 5.32 Å². The van der Waals surface area contributed by atoms with Crippen LogP contribution >= 0.6 is 15.9 Å². The van der Waals surface area contributed by atoms with E-state index in [4.69, 9.17) is 4.74 Å². The fourth-order valence-electron chi connectivity index (χ4n) is 1.74. The van der Waals surface area contributed by atoms with Crippen LogP contribution in [0.3, 0.4) is 0 Å². The molecule has 104 valence electrons. The first-order valence-corrected chi connectivity index (χ1v) is 6.75. The normalized spacial score (nSPS) is 10.2. The molecule has 0 unspecified atom stereocenters. The molecule has 0 aliphatic carbocycles. The highest BCUT2D eigenvalue weighted by molar-refractivity contribution is 9.10. The molecular formula is C15H13BrFNO2. The summed E-state index contributed by atoms with van der Waals surface area (Å²) in [6.45, 7) is 0.367. The van der Waals surface area contributed by atoms with Gasteiger partial charge in [-0.1, -0.05) is 28.1 Å². The van der Waals surface area contributed by atoms with Gasteiger partial charge in [0.15, 0.2) is 0 Å². The molecule has 0 saturated carbocycles. The van der Waals surface area contributed by atoms with Gasteiger partial charge in [0.25, 0.3) is 5.91 Å². The van der Waals surface area contributed by atoms with Gasteiger partial charge in [-0.2, -0.15) is 0 Å². The zero-order valence-electron chi connectivity index (χ0n) is 10.8. The van der Waals surface area contributed by atoms with Gasteiger partial charge < -0.3 is 10.1 Å². The summed E-state index contributed by atoms with van der Waals surface area (Å²) < 4.78 is 19.2. The number of hydrogen-bond acceptors (Lipinski definition) is 2. The van der Waals surface area contributed by atoms with Crippen LogP contribution in [0.4, 0.5) is 4.39 Å². The molecule has 2 aromatic carbocycles. The molecular weight excluding hydrogens is 325 g/mol. The zero-order valence-corrected chi connectivity index (χ0v) is 12.4. The van der Waals surface area contributed by atoms with Gasteiger partial charge in [0.1, 0.15) is 11.6 Å². The number of nitrogens with one attached hydrogen (secondary N) is 1. The molecule has 0 atom stereocenters. The van der Waals surface area contributed by atoms with Gasteiger partial charge in [-0.15, -0.1) is 0 Å². The molecule has 0 spiro atoms. The lowest BCUT2D eigenvalue weighted by Crippen LogP contribution is -2.23. The van der Waals surface area contributed by atoms with E-state index >= 15 is 0 Å². The van der Waals surface area contributed by atoms with Gasteiger partial charge in [0.05, 0.1) is 12.7 Å². The molecule has 0 aliphatic rings. The van der Waals surface area contributed by atoms with Crippen LogP contribution in [0, 0.1) is 5.82 Å². The summed E-state index contributed by atoms with van der Waals surface area (Å²) in [6, 6.07) is 11.4. The topological polar surface area (TPSA) is 38.3 Å². The largest absolute Gasteiger partial charge is 0.496 e. The van der Waals surface area contributed by atoms with E-state index in [1.54, 1.807) is 0 Å². The second-order valence-corrected chi connectivity index (χ2v) is 5.07. The lowest BCUT2D eigenvalue weighted by molar-refractivity contribution is 0.0947. The molecule has 1 amide bonds. The van der Waals surface area contributed by atoms with Gasteiger partial charge in [0, 0.05) is 11.0 Å². The van der Waals surface area contributed by atoms with Crippen molar-refractivity contribution in [2.45, 2.75) is 6.54 Å². The lowest BCUT2D eigenvalue weighted by Gasteiger charge is -2.09. The van der Waals surface area contributed by atoms with Crippen molar-refractivity contribution in [1.29, 1.82) is 0 Å². The molecule has 0 bridgehead atoms. The Hall–Kier alpha value is -1.88. The zero-order chi connectivity index (χ0) is 14.5. The van der Waals surface area contributed by atoms with E-state index in [-0.39, 0.29) is 11.5 Å². The van der Waals surface area contributed by atoms with Crippen LogP contribution in [-0.4, -0.2) is 13.0 Å².